The van der Waals surface area contributed by atoms with E-state index >= 15 is 0 Å². The lowest BCUT2D eigenvalue weighted by molar-refractivity contribution is 0.0920. The molecule has 0 spiro atoms. The Morgan fingerprint density at radius 3 is 2.55 bits per heavy atom. The van der Waals surface area contributed by atoms with Crippen LogP contribution in [0.2, 0.25) is 0 Å². The second-order valence-electron chi connectivity index (χ2n) is 6.65. The van der Waals surface area contributed by atoms with E-state index in [0.29, 0.717) is 23.3 Å². The summed E-state index contributed by atoms with van der Waals surface area (Å²) in [5.74, 6) is 2.16. The molecule has 2 aromatic rings. The van der Waals surface area contributed by atoms with Crippen molar-refractivity contribution in [2.24, 2.45) is 11.8 Å². The summed E-state index contributed by atoms with van der Waals surface area (Å²) >= 11 is 0. The first kappa shape index (κ1) is 13.6. The summed E-state index contributed by atoms with van der Waals surface area (Å²) in [4.78, 5) is 12.7. The van der Waals surface area contributed by atoms with Crippen LogP contribution in [0.5, 0.6) is 5.75 Å². The van der Waals surface area contributed by atoms with Crippen molar-refractivity contribution in [1.82, 2.24) is 5.32 Å². The van der Waals surface area contributed by atoms with Crippen molar-refractivity contribution >= 4 is 16.7 Å². The van der Waals surface area contributed by atoms with Crippen LogP contribution >= 0.6 is 0 Å². The van der Waals surface area contributed by atoms with Gasteiger partial charge in [0.15, 0.2) is 0 Å². The SMILES string of the molecule is COc1cc2ccccc2cc1C(=O)N[C@@H]1C[C@@H]2CC[C@@H]1C2. The standard InChI is InChI=1S/C19H21NO2/c1-22-18-11-14-5-3-2-4-13(14)10-16(18)19(21)20-17-9-12-6-7-15(17)8-12/h2-5,10-12,15,17H,6-9H2,1H3,(H,20,21)/t12-,15-,17-/m1/s1. The Hall–Kier alpha value is -2.03. The first-order valence-corrected chi connectivity index (χ1v) is 8.12. The average molecular weight is 295 g/mol. The van der Waals surface area contributed by atoms with Gasteiger partial charge in [-0.25, -0.2) is 0 Å². The van der Waals surface area contributed by atoms with Gasteiger partial charge in [0, 0.05) is 6.04 Å². The molecule has 0 unspecified atom stereocenters. The smallest absolute Gasteiger partial charge is 0.255 e. The van der Waals surface area contributed by atoms with E-state index in [2.05, 4.69) is 5.32 Å². The molecule has 2 aromatic carbocycles. The van der Waals surface area contributed by atoms with Gasteiger partial charge in [0.1, 0.15) is 5.75 Å². The quantitative estimate of drug-likeness (QED) is 0.936. The molecule has 2 aliphatic rings. The summed E-state index contributed by atoms with van der Waals surface area (Å²) < 4.78 is 5.44. The third-order valence-electron chi connectivity index (χ3n) is 5.37. The molecule has 0 radical (unpaired) electrons. The highest BCUT2D eigenvalue weighted by Crippen LogP contribution is 2.44. The molecule has 3 heteroatoms. The van der Waals surface area contributed by atoms with Gasteiger partial charge < -0.3 is 10.1 Å². The van der Waals surface area contributed by atoms with E-state index in [-0.39, 0.29) is 5.91 Å². The Morgan fingerprint density at radius 1 is 1.14 bits per heavy atom. The highest BCUT2D eigenvalue weighted by atomic mass is 16.5. The van der Waals surface area contributed by atoms with Crippen LogP contribution in [0.15, 0.2) is 36.4 Å². The molecule has 2 aliphatic carbocycles. The Kier molecular flexibility index (Phi) is 3.29. The van der Waals surface area contributed by atoms with Crippen molar-refractivity contribution in [3.05, 3.63) is 42.0 Å². The van der Waals surface area contributed by atoms with Crippen molar-refractivity contribution in [2.45, 2.75) is 31.7 Å². The fourth-order valence-corrected chi connectivity index (χ4v) is 4.23. The molecule has 2 saturated carbocycles. The molecule has 22 heavy (non-hydrogen) atoms. The minimum Gasteiger partial charge on any atom is -0.496 e. The number of carbonyl (C=O) groups excluding carboxylic acids is 1. The van der Waals surface area contributed by atoms with Crippen LogP contribution in [0.25, 0.3) is 10.8 Å². The Morgan fingerprint density at radius 2 is 1.91 bits per heavy atom. The first-order chi connectivity index (χ1) is 10.7. The maximum absolute atomic E-state index is 12.7. The van der Waals surface area contributed by atoms with Crippen LogP contribution in [0.4, 0.5) is 0 Å². The van der Waals surface area contributed by atoms with Crippen molar-refractivity contribution in [1.29, 1.82) is 0 Å². The summed E-state index contributed by atoms with van der Waals surface area (Å²) in [7, 11) is 1.62. The molecule has 2 fully saturated rings. The number of methoxy groups -OCH3 is 1. The van der Waals surface area contributed by atoms with Gasteiger partial charge in [-0.1, -0.05) is 30.7 Å². The Balaban J connectivity index is 1.63. The fraction of sp³-hybridized carbons (Fsp3) is 0.421. The zero-order chi connectivity index (χ0) is 15.1. The first-order valence-electron chi connectivity index (χ1n) is 8.12. The molecule has 4 rings (SSSR count). The van der Waals surface area contributed by atoms with Gasteiger partial charge in [0.05, 0.1) is 12.7 Å². The van der Waals surface area contributed by atoms with Gasteiger partial charge in [-0.2, -0.15) is 0 Å². The summed E-state index contributed by atoms with van der Waals surface area (Å²) in [5.41, 5.74) is 0.643. The van der Waals surface area contributed by atoms with Crippen LogP contribution in [0, 0.1) is 11.8 Å². The highest BCUT2D eigenvalue weighted by Gasteiger charge is 2.40. The number of amides is 1. The largest absolute Gasteiger partial charge is 0.496 e. The molecule has 2 bridgehead atoms. The van der Waals surface area contributed by atoms with Crippen molar-refractivity contribution in [3.8, 4) is 5.75 Å². The second-order valence-corrected chi connectivity index (χ2v) is 6.65. The molecule has 1 N–H and O–H groups in total. The minimum absolute atomic E-state index is 0.000142. The minimum atomic E-state index is 0.000142. The number of ether oxygens (including phenoxy) is 1. The number of rotatable bonds is 3. The van der Waals surface area contributed by atoms with Crippen molar-refractivity contribution < 1.29 is 9.53 Å². The van der Waals surface area contributed by atoms with Crippen LogP contribution in [-0.4, -0.2) is 19.1 Å². The summed E-state index contributed by atoms with van der Waals surface area (Å²) in [6, 6.07) is 12.3. The van der Waals surface area contributed by atoms with E-state index in [1.807, 2.05) is 36.4 Å². The third kappa shape index (κ3) is 2.25. The van der Waals surface area contributed by atoms with Crippen molar-refractivity contribution in [3.63, 3.8) is 0 Å². The Labute approximate surface area is 130 Å². The van der Waals surface area contributed by atoms with E-state index in [0.717, 1.165) is 23.1 Å². The van der Waals surface area contributed by atoms with E-state index < -0.39 is 0 Å². The maximum atomic E-state index is 12.7. The number of benzene rings is 2. The van der Waals surface area contributed by atoms with Crippen molar-refractivity contribution in [2.75, 3.05) is 7.11 Å². The molecular weight excluding hydrogens is 274 g/mol. The maximum Gasteiger partial charge on any atom is 0.255 e. The van der Waals surface area contributed by atoms with Gasteiger partial charge in [0.2, 0.25) is 0 Å². The number of carbonyl (C=O) groups is 1. The zero-order valence-corrected chi connectivity index (χ0v) is 12.8. The van der Waals surface area contributed by atoms with Gasteiger partial charge >= 0.3 is 0 Å². The molecule has 3 nitrogen and oxygen atoms in total. The second kappa shape index (κ2) is 5.31. The molecular formula is C19H21NO2. The number of nitrogens with one attached hydrogen (secondary N) is 1. The Bertz CT molecular complexity index is 724. The fourth-order valence-electron chi connectivity index (χ4n) is 4.23. The molecule has 0 aliphatic heterocycles. The summed E-state index contributed by atoms with van der Waals surface area (Å²) in [6.45, 7) is 0. The van der Waals surface area contributed by atoms with Gasteiger partial charge in [-0.3, -0.25) is 4.79 Å². The third-order valence-corrected chi connectivity index (χ3v) is 5.37. The lowest BCUT2D eigenvalue weighted by Gasteiger charge is -2.23. The highest BCUT2D eigenvalue weighted by molar-refractivity contribution is 6.01. The van der Waals surface area contributed by atoms with Crippen LogP contribution in [-0.2, 0) is 0 Å². The average Bonchev–Trinajstić information content (AvgIpc) is 3.16. The van der Waals surface area contributed by atoms with Crippen LogP contribution in [0.1, 0.15) is 36.0 Å². The summed E-state index contributed by atoms with van der Waals surface area (Å²) in [5, 5.41) is 5.41. The predicted molar refractivity (Wildman–Crippen MR) is 87.2 cm³/mol. The van der Waals surface area contributed by atoms with Gasteiger partial charge in [-0.15, -0.1) is 0 Å². The normalized spacial score (nSPS) is 26.3. The van der Waals surface area contributed by atoms with Crippen LogP contribution < -0.4 is 10.1 Å². The topological polar surface area (TPSA) is 38.3 Å². The van der Waals surface area contributed by atoms with E-state index in [9.17, 15) is 4.79 Å². The molecule has 3 atom stereocenters. The van der Waals surface area contributed by atoms with E-state index in [1.54, 1.807) is 7.11 Å². The zero-order valence-electron chi connectivity index (χ0n) is 12.8. The molecule has 0 heterocycles. The molecule has 1 amide bonds. The van der Waals surface area contributed by atoms with Gasteiger partial charge in [-0.05, 0) is 54.0 Å². The van der Waals surface area contributed by atoms with E-state index in [4.69, 9.17) is 4.74 Å². The lowest BCUT2D eigenvalue weighted by atomic mass is 9.95. The number of hydrogen-bond acceptors (Lipinski definition) is 2. The molecule has 0 aromatic heterocycles. The number of fused-ring (bicyclic) bond motifs is 3. The number of hydrogen-bond donors (Lipinski definition) is 1. The lowest BCUT2D eigenvalue weighted by Crippen LogP contribution is -2.38. The summed E-state index contributed by atoms with van der Waals surface area (Å²) in [6.07, 6.45) is 5.05. The molecule has 114 valence electrons. The molecule has 0 saturated heterocycles. The van der Waals surface area contributed by atoms with E-state index in [1.165, 1.54) is 19.3 Å². The monoisotopic (exact) mass is 295 g/mol. The van der Waals surface area contributed by atoms with Gasteiger partial charge in [0.25, 0.3) is 5.91 Å². The van der Waals surface area contributed by atoms with Crippen LogP contribution in [0.3, 0.4) is 0 Å². The predicted octanol–water partition coefficient (Wildman–Crippen LogP) is 3.77.